The molecule has 1 unspecified atom stereocenters. The third kappa shape index (κ3) is 3.15. The summed E-state index contributed by atoms with van der Waals surface area (Å²) in [7, 11) is 0. The fourth-order valence-corrected chi connectivity index (χ4v) is 2.65. The number of nitrogens with one attached hydrogen (secondary N) is 2. The van der Waals surface area contributed by atoms with E-state index in [0.29, 0.717) is 12.0 Å². The highest BCUT2D eigenvalue weighted by molar-refractivity contribution is 7.09. The lowest BCUT2D eigenvalue weighted by molar-refractivity contribution is 0.636. The summed E-state index contributed by atoms with van der Waals surface area (Å²) in [6, 6.07) is 0.558. The first kappa shape index (κ1) is 11.8. The Kier molecular flexibility index (Phi) is 4.12. The lowest BCUT2D eigenvalue weighted by Gasteiger charge is -2.14. The Hall–Kier alpha value is -0.680. The molecule has 5 heteroatoms. The summed E-state index contributed by atoms with van der Waals surface area (Å²) < 4.78 is 4.36. The quantitative estimate of drug-likeness (QED) is 0.850. The maximum atomic E-state index is 4.51. The van der Waals surface area contributed by atoms with E-state index in [9.17, 15) is 0 Å². The van der Waals surface area contributed by atoms with Crippen molar-refractivity contribution in [2.75, 3.05) is 18.4 Å². The normalized spacial score (nSPS) is 22.1. The Morgan fingerprint density at radius 1 is 1.38 bits per heavy atom. The number of anilines is 1. The topological polar surface area (TPSA) is 49.8 Å². The van der Waals surface area contributed by atoms with Crippen LogP contribution in [0.15, 0.2) is 0 Å². The average molecular weight is 240 g/mol. The Labute approximate surface area is 101 Å². The molecule has 2 N–H and O–H groups in total. The fourth-order valence-electron chi connectivity index (χ4n) is 1.87. The highest BCUT2D eigenvalue weighted by Gasteiger charge is 2.14. The standard InChI is InChI=1S/C11H20N4S/c1-8(2)10-14-11(16-15-10)13-9-4-3-6-12-7-5-9/h8-9,12H,3-7H2,1-2H3,(H,13,14,15). The molecule has 1 aromatic rings. The summed E-state index contributed by atoms with van der Waals surface area (Å²) in [6.45, 7) is 6.50. The molecule has 1 atom stereocenters. The molecule has 0 spiro atoms. The third-order valence-electron chi connectivity index (χ3n) is 2.86. The zero-order chi connectivity index (χ0) is 11.4. The molecule has 1 aromatic heterocycles. The summed E-state index contributed by atoms with van der Waals surface area (Å²) in [5.74, 6) is 1.38. The van der Waals surface area contributed by atoms with E-state index in [1.807, 2.05) is 0 Å². The number of aromatic nitrogens is 2. The maximum absolute atomic E-state index is 4.51. The molecule has 4 nitrogen and oxygen atoms in total. The molecule has 1 fully saturated rings. The van der Waals surface area contributed by atoms with Crippen LogP contribution < -0.4 is 10.6 Å². The van der Waals surface area contributed by atoms with Gasteiger partial charge in [-0.1, -0.05) is 13.8 Å². The number of rotatable bonds is 3. The zero-order valence-corrected chi connectivity index (χ0v) is 10.8. The molecule has 2 rings (SSSR count). The predicted molar refractivity (Wildman–Crippen MR) is 68.1 cm³/mol. The van der Waals surface area contributed by atoms with Gasteiger partial charge in [0.25, 0.3) is 0 Å². The van der Waals surface area contributed by atoms with Gasteiger partial charge in [-0.3, -0.25) is 0 Å². The Morgan fingerprint density at radius 2 is 2.25 bits per heavy atom. The van der Waals surface area contributed by atoms with Crippen molar-refractivity contribution in [2.24, 2.45) is 0 Å². The largest absolute Gasteiger partial charge is 0.358 e. The number of hydrogen-bond donors (Lipinski definition) is 2. The van der Waals surface area contributed by atoms with Crippen LogP contribution in [-0.2, 0) is 0 Å². The van der Waals surface area contributed by atoms with Gasteiger partial charge in [-0.25, -0.2) is 4.98 Å². The second-order valence-electron chi connectivity index (χ2n) is 4.63. The molecule has 0 saturated carbocycles. The number of hydrogen-bond acceptors (Lipinski definition) is 5. The SMILES string of the molecule is CC(C)c1nsc(NC2CCCNCC2)n1. The third-order valence-corrected chi connectivity index (χ3v) is 3.52. The van der Waals surface area contributed by atoms with Crippen LogP contribution in [0.5, 0.6) is 0 Å². The predicted octanol–water partition coefficient (Wildman–Crippen LogP) is 2.22. The highest BCUT2D eigenvalue weighted by Crippen LogP contribution is 2.20. The molecular weight excluding hydrogens is 220 g/mol. The van der Waals surface area contributed by atoms with E-state index in [1.54, 1.807) is 0 Å². The highest BCUT2D eigenvalue weighted by atomic mass is 32.1. The lowest BCUT2D eigenvalue weighted by atomic mass is 10.1. The summed E-state index contributed by atoms with van der Waals surface area (Å²) in [4.78, 5) is 4.51. The minimum Gasteiger partial charge on any atom is -0.358 e. The van der Waals surface area contributed by atoms with Crippen molar-refractivity contribution >= 4 is 16.7 Å². The van der Waals surface area contributed by atoms with Gasteiger partial charge >= 0.3 is 0 Å². The summed E-state index contributed by atoms with van der Waals surface area (Å²) in [5.41, 5.74) is 0. The molecule has 0 aromatic carbocycles. The maximum Gasteiger partial charge on any atom is 0.202 e. The smallest absolute Gasteiger partial charge is 0.202 e. The van der Waals surface area contributed by atoms with Crippen molar-refractivity contribution < 1.29 is 0 Å². The van der Waals surface area contributed by atoms with Crippen LogP contribution in [0, 0.1) is 0 Å². The van der Waals surface area contributed by atoms with Crippen molar-refractivity contribution in [3.05, 3.63) is 5.82 Å². The number of nitrogens with zero attached hydrogens (tertiary/aromatic N) is 2. The molecule has 1 aliphatic heterocycles. The van der Waals surface area contributed by atoms with Crippen LogP contribution in [0.4, 0.5) is 5.13 Å². The first-order valence-corrected chi connectivity index (χ1v) is 6.84. The second kappa shape index (κ2) is 5.59. The molecule has 0 radical (unpaired) electrons. The van der Waals surface area contributed by atoms with Crippen molar-refractivity contribution in [1.82, 2.24) is 14.7 Å². The molecule has 1 saturated heterocycles. The summed E-state index contributed by atoms with van der Waals surface area (Å²) >= 11 is 1.49. The van der Waals surface area contributed by atoms with Crippen LogP contribution in [0.25, 0.3) is 0 Å². The molecule has 90 valence electrons. The van der Waals surface area contributed by atoms with Gasteiger partial charge < -0.3 is 10.6 Å². The molecule has 0 amide bonds. The average Bonchev–Trinajstić information content (AvgIpc) is 2.56. The van der Waals surface area contributed by atoms with Gasteiger partial charge in [0.15, 0.2) is 0 Å². The van der Waals surface area contributed by atoms with Gasteiger partial charge in [-0.2, -0.15) is 4.37 Å². The molecular formula is C11H20N4S. The monoisotopic (exact) mass is 240 g/mol. The summed E-state index contributed by atoms with van der Waals surface area (Å²) in [5, 5.41) is 7.90. The van der Waals surface area contributed by atoms with E-state index >= 15 is 0 Å². The van der Waals surface area contributed by atoms with Crippen LogP contribution in [0.1, 0.15) is 44.9 Å². The zero-order valence-electron chi connectivity index (χ0n) is 9.99. The lowest BCUT2D eigenvalue weighted by Crippen LogP contribution is -2.21. The van der Waals surface area contributed by atoms with E-state index in [2.05, 4.69) is 33.8 Å². The van der Waals surface area contributed by atoms with Crippen molar-refractivity contribution in [1.29, 1.82) is 0 Å². The van der Waals surface area contributed by atoms with Gasteiger partial charge in [0.05, 0.1) is 0 Å². The van der Waals surface area contributed by atoms with Crippen LogP contribution in [0.3, 0.4) is 0 Å². The van der Waals surface area contributed by atoms with E-state index in [0.717, 1.165) is 24.0 Å². The van der Waals surface area contributed by atoms with Crippen LogP contribution in [0.2, 0.25) is 0 Å². The van der Waals surface area contributed by atoms with E-state index in [4.69, 9.17) is 0 Å². The first-order chi connectivity index (χ1) is 7.75. The van der Waals surface area contributed by atoms with Crippen LogP contribution >= 0.6 is 11.5 Å². The van der Waals surface area contributed by atoms with Gasteiger partial charge in [-0.15, -0.1) is 0 Å². The minimum absolute atomic E-state index is 0.419. The van der Waals surface area contributed by atoms with Gasteiger partial charge in [0, 0.05) is 23.5 Å². The molecule has 1 aliphatic rings. The van der Waals surface area contributed by atoms with Gasteiger partial charge in [-0.05, 0) is 32.4 Å². The van der Waals surface area contributed by atoms with Crippen molar-refractivity contribution in [3.8, 4) is 0 Å². The summed E-state index contributed by atoms with van der Waals surface area (Å²) in [6.07, 6.45) is 3.65. The van der Waals surface area contributed by atoms with E-state index < -0.39 is 0 Å². The molecule has 0 aliphatic carbocycles. The van der Waals surface area contributed by atoms with Gasteiger partial charge in [0.2, 0.25) is 5.13 Å². The van der Waals surface area contributed by atoms with Gasteiger partial charge in [0.1, 0.15) is 5.82 Å². The van der Waals surface area contributed by atoms with E-state index in [1.165, 1.54) is 30.8 Å². The Balaban J connectivity index is 1.91. The van der Waals surface area contributed by atoms with Crippen molar-refractivity contribution in [3.63, 3.8) is 0 Å². The first-order valence-electron chi connectivity index (χ1n) is 6.06. The van der Waals surface area contributed by atoms with E-state index in [-0.39, 0.29) is 0 Å². The second-order valence-corrected chi connectivity index (χ2v) is 5.39. The van der Waals surface area contributed by atoms with Crippen molar-refractivity contribution in [2.45, 2.75) is 45.1 Å². The fraction of sp³-hybridized carbons (Fsp3) is 0.818. The Bertz CT molecular complexity index is 316. The molecule has 2 heterocycles. The van der Waals surface area contributed by atoms with Crippen LogP contribution in [-0.4, -0.2) is 28.5 Å². The Morgan fingerprint density at radius 3 is 3.00 bits per heavy atom. The molecule has 0 bridgehead atoms. The molecule has 16 heavy (non-hydrogen) atoms. The minimum atomic E-state index is 0.419.